The average Bonchev–Trinajstić information content (AvgIpc) is 2.86. The van der Waals surface area contributed by atoms with Crippen LogP contribution >= 0.6 is 11.6 Å². The van der Waals surface area contributed by atoms with E-state index in [9.17, 15) is 9.59 Å². The zero-order valence-electron chi connectivity index (χ0n) is 19.4. The highest BCUT2D eigenvalue weighted by atomic mass is 35.5. The number of halogens is 1. The van der Waals surface area contributed by atoms with Crippen molar-refractivity contribution >= 4 is 34.9 Å². The summed E-state index contributed by atoms with van der Waals surface area (Å²) in [4.78, 5) is 29.5. The Morgan fingerprint density at radius 3 is 2.37 bits per heavy atom. The summed E-state index contributed by atoms with van der Waals surface area (Å²) in [6.07, 6.45) is 3.76. The molecule has 2 fully saturated rings. The summed E-state index contributed by atoms with van der Waals surface area (Å²) < 4.78 is 0. The van der Waals surface area contributed by atoms with Crippen LogP contribution in [0.15, 0.2) is 66.9 Å². The van der Waals surface area contributed by atoms with E-state index in [4.69, 9.17) is 11.6 Å². The van der Waals surface area contributed by atoms with Crippen molar-refractivity contribution in [1.29, 1.82) is 0 Å². The normalized spacial score (nSPS) is 16.5. The second-order valence-corrected chi connectivity index (χ2v) is 9.53. The van der Waals surface area contributed by atoms with Crippen LogP contribution in [0.2, 0.25) is 5.02 Å². The van der Waals surface area contributed by atoms with Crippen LogP contribution in [0, 0.1) is 5.92 Å². The molecule has 0 atom stereocenters. The van der Waals surface area contributed by atoms with E-state index in [1.54, 1.807) is 23.2 Å². The Kier molecular flexibility index (Phi) is 7.06. The van der Waals surface area contributed by atoms with Crippen LogP contribution in [-0.2, 0) is 16.0 Å². The standard InChI is InChI=1S/C27H28ClN5O2/c28-24-5-2-1-4-21(24)16-26(34)32-14-11-20(12-15-32)19-7-9-23(10-8-19)33(25-6-3-13-30-31-25)27(35)22-17-29-18-22/h1-10,13,20,22,29H,11-12,14-18H2. The van der Waals surface area contributed by atoms with Crippen LogP contribution in [-0.4, -0.2) is 53.1 Å². The maximum absolute atomic E-state index is 13.1. The van der Waals surface area contributed by atoms with Gasteiger partial charge in [0.15, 0.2) is 5.82 Å². The van der Waals surface area contributed by atoms with Gasteiger partial charge in [0.25, 0.3) is 0 Å². The van der Waals surface area contributed by atoms with Crippen molar-refractivity contribution < 1.29 is 9.59 Å². The minimum absolute atomic E-state index is 0.0299. The van der Waals surface area contributed by atoms with Crippen molar-refractivity contribution in [3.63, 3.8) is 0 Å². The predicted molar refractivity (Wildman–Crippen MR) is 136 cm³/mol. The lowest BCUT2D eigenvalue weighted by molar-refractivity contribution is -0.131. The first-order valence-electron chi connectivity index (χ1n) is 12.0. The van der Waals surface area contributed by atoms with Gasteiger partial charge in [-0.1, -0.05) is 41.9 Å². The zero-order chi connectivity index (χ0) is 24.2. The third-order valence-electron chi connectivity index (χ3n) is 6.91. The maximum Gasteiger partial charge on any atom is 0.238 e. The summed E-state index contributed by atoms with van der Waals surface area (Å²) in [6.45, 7) is 2.83. The molecule has 1 aromatic heterocycles. The van der Waals surface area contributed by atoms with Gasteiger partial charge in [-0.05, 0) is 60.2 Å². The SMILES string of the molecule is O=C(Cc1ccccc1Cl)N1CCC(c2ccc(N(C(=O)C3CNC3)c3cccnn3)cc2)CC1. The minimum Gasteiger partial charge on any atom is -0.342 e. The van der Waals surface area contributed by atoms with Crippen LogP contribution in [0.25, 0.3) is 0 Å². The molecule has 35 heavy (non-hydrogen) atoms. The topological polar surface area (TPSA) is 78.4 Å². The van der Waals surface area contributed by atoms with Gasteiger partial charge in [-0.25, -0.2) is 0 Å². The Bertz CT molecular complexity index is 1180. The number of hydrogen-bond donors (Lipinski definition) is 1. The van der Waals surface area contributed by atoms with Gasteiger partial charge in [-0.3, -0.25) is 14.5 Å². The number of anilines is 2. The largest absolute Gasteiger partial charge is 0.342 e. The molecular formula is C27H28ClN5O2. The molecule has 0 saturated carbocycles. The highest BCUT2D eigenvalue weighted by Gasteiger charge is 2.32. The van der Waals surface area contributed by atoms with E-state index in [-0.39, 0.29) is 17.7 Å². The van der Waals surface area contributed by atoms with E-state index in [1.165, 1.54) is 5.56 Å². The summed E-state index contributed by atoms with van der Waals surface area (Å²) in [7, 11) is 0. The molecule has 0 aliphatic carbocycles. The molecule has 0 unspecified atom stereocenters. The van der Waals surface area contributed by atoms with Gasteiger partial charge in [0, 0.05) is 37.4 Å². The number of rotatable bonds is 6. The number of nitrogens with one attached hydrogen (secondary N) is 1. The molecule has 1 N–H and O–H groups in total. The van der Waals surface area contributed by atoms with Gasteiger partial charge < -0.3 is 10.2 Å². The molecule has 3 aromatic rings. The molecule has 2 aliphatic heterocycles. The van der Waals surface area contributed by atoms with Crippen LogP contribution in [0.5, 0.6) is 0 Å². The molecule has 2 amide bonds. The number of carbonyl (C=O) groups excluding carboxylic acids is 2. The maximum atomic E-state index is 13.1. The van der Waals surface area contributed by atoms with Gasteiger partial charge in [0.1, 0.15) is 0 Å². The predicted octanol–water partition coefficient (Wildman–Crippen LogP) is 3.96. The lowest BCUT2D eigenvalue weighted by atomic mass is 9.89. The Morgan fingerprint density at radius 2 is 1.74 bits per heavy atom. The number of piperidine rings is 1. The summed E-state index contributed by atoms with van der Waals surface area (Å²) in [5.41, 5.74) is 2.89. The van der Waals surface area contributed by atoms with E-state index < -0.39 is 0 Å². The second kappa shape index (κ2) is 10.5. The van der Waals surface area contributed by atoms with Crippen molar-refractivity contribution in [2.24, 2.45) is 5.92 Å². The number of benzene rings is 2. The van der Waals surface area contributed by atoms with Crippen LogP contribution in [0.3, 0.4) is 0 Å². The summed E-state index contributed by atoms with van der Waals surface area (Å²) >= 11 is 6.23. The minimum atomic E-state index is -0.0516. The van der Waals surface area contributed by atoms with Gasteiger partial charge >= 0.3 is 0 Å². The lowest BCUT2D eigenvalue weighted by Gasteiger charge is -2.33. The monoisotopic (exact) mass is 489 g/mol. The van der Waals surface area contributed by atoms with Gasteiger partial charge in [-0.2, -0.15) is 5.10 Å². The lowest BCUT2D eigenvalue weighted by Crippen LogP contribution is -2.51. The van der Waals surface area contributed by atoms with Crippen LogP contribution < -0.4 is 10.2 Å². The molecule has 5 rings (SSSR count). The molecule has 0 radical (unpaired) electrons. The summed E-state index contributed by atoms with van der Waals surface area (Å²) in [5, 5.41) is 11.9. The van der Waals surface area contributed by atoms with Gasteiger partial charge in [0.2, 0.25) is 11.8 Å². The fourth-order valence-corrected chi connectivity index (χ4v) is 4.91. The Morgan fingerprint density at radius 1 is 1.00 bits per heavy atom. The van der Waals surface area contributed by atoms with E-state index in [0.717, 1.165) is 37.2 Å². The number of hydrogen-bond acceptors (Lipinski definition) is 5. The number of nitrogens with zero attached hydrogens (tertiary/aromatic N) is 4. The molecular weight excluding hydrogens is 462 g/mol. The van der Waals surface area contributed by atoms with Crippen molar-refractivity contribution in [1.82, 2.24) is 20.4 Å². The molecule has 2 saturated heterocycles. The summed E-state index contributed by atoms with van der Waals surface area (Å²) in [5.74, 6) is 1.01. The number of amides is 2. The molecule has 2 aliphatic rings. The van der Waals surface area contributed by atoms with E-state index in [1.807, 2.05) is 41.3 Å². The van der Waals surface area contributed by atoms with Crippen molar-refractivity contribution in [3.8, 4) is 0 Å². The molecule has 8 heteroatoms. The first-order valence-corrected chi connectivity index (χ1v) is 12.4. The Balaban J connectivity index is 1.24. The van der Waals surface area contributed by atoms with E-state index in [2.05, 4.69) is 27.6 Å². The quantitative estimate of drug-likeness (QED) is 0.567. The van der Waals surface area contributed by atoms with E-state index in [0.29, 0.717) is 36.3 Å². The van der Waals surface area contributed by atoms with Crippen LogP contribution in [0.1, 0.15) is 29.9 Å². The molecule has 7 nitrogen and oxygen atoms in total. The first kappa shape index (κ1) is 23.5. The molecule has 0 bridgehead atoms. The zero-order valence-corrected chi connectivity index (χ0v) is 20.2. The van der Waals surface area contributed by atoms with E-state index >= 15 is 0 Å². The molecule has 180 valence electrons. The smallest absolute Gasteiger partial charge is 0.238 e. The third-order valence-corrected chi connectivity index (χ3v) is 7.28. The highest BCUT2D eigenvalue weighted by Crippen LogP contribution is 2.32. The number of carbonyl (C=O) groups is 2. The Hall–Kier alpha value is -3.29. The average molecular weight is 490 g/mol. The third kappa shape index (κ3) is 5.21. The van der Waals surface area contributed by atoms with Crippen molar-refractivity contribution in [3.05, 3.63) is 83.0 Å². The molecule has 2 aromatic carbocycles. The van der Waals surface area contributed by atoms with Gasteiger partial charge in [-0.15, -0.1) is 5.10 Å². The van der Waals surface area contributed by atoms with Gasteiger partial charge in [0.05, 0.1) is 18.0 Å². The highest BCUT2D eigenvalue weighted by molar-refractivity contribution is 6.31. The van der Waals surface area contributed by atoms with Crippen molar-refractivity contribution in [2.75, 3.05) is 31.1 Å². The second-order valence-electron chi connectivity index (χ2n) is 9.13. The first-order chi connectivity index (χ1) is 17.1. The van der Waals surface area contributed by atoms with Crippen LogP contribution in [0.4, 0.5) is 11.5 Å². The fraction of sp³-hybridized carbons (Fsp3) is 0.333. The Labute approximate surface area is 210 Å². The number of likely N-dealkylation sites (tertiary alicyclic amines) is 1. The summed E-state index contributed by atoms with van der Waals surface area (Å²) in [6, 6.07) is 19.3. The molecule has 0 spiro atoms. The fourth-order valence-electron chi connectivity index (χ4n) is 4.71. The molecule has 3 heterocycles. The van der Waals surface area contributed by atoms with Crippen molar-refractivity contribution in [2.45, 2.75) is 25.2 Å². The number of aromatic nitrogens is 2.